The summed E-state index contributed by atoms with van der Waals surface area (Å²) in [5.41, 5.74) is 1.52. The van der Waals surface area contributed by atoms with Gasteiger partial charge >= 0.3 is 0 Å². The summed E-state index contributed by atoms with van der Waals surface area (Å²) in [4.78, 5) is 13.4. The molecule has 1 aromatic rings. The first-order chi connectivity index (χ1) is 9.19. The number of aryl methyl sites for hydroxylation is 2. The normalized spacial score (nSPS) is 11.3. The van der Waals surface area contributed by atoms with E-state index in [2.05, 4.69) is 0 Å². The zero-order chi connectivity index (χ0) is 15.3. The van der Waals surface area contributed by atoms with Gasteiger partial charge in [0.1, 0.15) is 5.75 Å². The number of carbonyl (C=O) groups is 1. The average molecular weight is 279 g/mol. The molecule has 0 aliphatic rings. The van der Waals surface area contributed by atoms with Gasteiger partial charge in [0, 0.05) is 13.6 Å². The third-order valence-electron chi connectivity index (χ3n) is 3.11. The highest BCUT2D eigenvalue weighted by atomic mass is 16.5. The van der Waals surface area contributed by atoms with E-state index in [1.807, 2.05) is 32.0 Å². The van der Waals surface area contributed by atoms with Crippen molar-refractivity contribution < 1.29 is 14.6 Å². The van der Waals surface area contributed by atoms with E-state index < -0.39 is 5.60 Å². The predicted molar refractivity (Wildman–Crippen MR) is 80.0 cm³/mol. The molecule has 4 heteroatoms. The van der Waals surface area contributed by atoms with Gasteiger partial charge in [0.05, 0.1) is 18.6 Å². The number of hydrogen-bond donors (Lipinski definition) is 1. The van der Waals surface area contributed by atoms with E-state index >= 15 is 0 Å². The Hall–Kier alpha value is -1.55. The lowest BCUT2D eigenvalue weighted by atomic mass is 10.1. The fraction of sp³-hybridized carbons (Fsp3) is 0.562. The van der Waals surface area contributed by atoms with Gasteiger partial charge in [-0.05, 0) is 51.0 Å². The van der Waals surface area contributed by atoms with E-state index in [1.54, 1.807) is 20.9 Å². The number of carbonyl (C=O) groups excluding carboxylic acids is 1. The van der Waals surface area contributed by atoms with Gasteiger partial charge in [-0.3, -0.25) is 4.79 Å². The van der Waals surface area contributed by atoms with Gasteiger partial charge < -0.3 is 14.7 Å². The Labute approximate surface area is 121 Å². The summed E-state index contributed by atoms with van der Waals surface area (Å²) < 4.78 is 5.58. The molecule has 1 amide bonds. The van der Waals surface area contributed by atoms with Crippen LogP contribution in [0.3, 0.4) is 0 Å². The van der Waals surface area contributed by atoms with Crippen molar-refractivity contribution in [3.63, 3.8) is 0 Å². The summed E-state index contributed by atoms with van der Waals surface area (Å²) in [6.07, 6.45) is 0.305. The maximum absolute atomic E-state index is 11.9. The predicted octanol–water partition coefficient (Wildman–Crippen LogP) is 2.30. The molecule has 112 valence electrons. The number of hydrogen-bond acceptors (Lipinski definition) is 3. The number of benzene rings is 1. The molecule has 0 radical (unpaired) electrons. The Bertz CT molecular complexity index is 463. The van der Waals surface area contributed by atoms with E-state index in [4.69, 9.17) is 4.74 Å². The summed E-state index contributed by atoms with van der Waals surface area (Å²) in [7, 11) is 1.69. The van der Waals surface area contributed by atoms with Crippen LogP contribution in [0.25, 0.3) is 0 Å². The molecular formula is C16H25NO3. The first-order valence-electron chi connectivity index (χ1n) is 6.85. The standard InChI is InChI=1S/C16H25NO3/c1-12-6-7-14(10-13(12)2)20-9-8-15(18)17(5)11-16(3,4)19/h6-7,10,19H,8-9,11H2,1-5H3. The lowest BCUT2D eigenvalue weighted by Gasteiger charge is -2.25. The Kier molecular flexibility index (Phi) is 5.57. The van der Waals surface area contributed by atoms with Crippen molar-refractivity contribution in [3.05, 3.63) is 29.3 Å². The molecule has 1 aromatic carbocycles. The van der Waals surface area contributed by atoms with E-state index in [0.29, 0.717) is 19.6 Å². The molecule has 4 nitrogen and oxygen atoms in total. The van der Waals surface area contributed by atoms with Crippen LogP contribution in [-0.2, 0) is 4.79 Å². The van der Waals surface area contributed by atoms with Crippen LogP contribution in [0.4, 0.5) is 0 Å². The molecule has 0 atom stereocenters. The molecule has 20 heavy (non-hydrogen) atoms. The fourth-order valence-electron chi connectivity index (χ4n) is 1.92. The number of amides is 1. The second-order valence-electron chi connectivity index (χ2n) is 5.91. The van der Waals surface area contributed by atoms with Crippen LogP contribution in [0.1, 0.15) is 31.4 Å². The molecule has 1 N–H and O–H groups in total. The molecule has 0 spiro atoms. The maximum atomic E-state index is 11.9. The Morgan fingerprint density at radius 3 is 2.50 bits per heavy atom. The van der Waals surface area contributed by atoms with Crippen molar-refractivity contribution in [1.29, 1.82) is 0 Å². The largest absolute Gasteiger partial charge is 0.493 e. The molecule has 1 rings (SSSR count). The van der Waals surface area contributed by atoms with Gasteiger partial charge in [0.2, 0.25) is 5.91 Å². The molecular weight excluding hydrogens is 254 g/mol. The van der Waals surface area contributed by atoms with E-state index in [9.17, 15) is 9.90 Å². The van der Waals surface area contributed by atoms with Crippen LogP contribution >= 0.6 is 0 Å². The summed E-state index contributed by atoms with van der Waals surface area (Å²) in [6, 6.07) is 5.89. The van der Waals surface area contributed by atoms with Crippen molar-refractivity contribution in [2.45, 2.75) is 39.7 Å². The van der Waals surface area contributed by atoms with Crippen molar-refractivity contribution in [2.75, 3.05) is 20.2 Å². The second-order valence-corrected chi connectivity index (χ2v) is 5.91. The number of ether oxygens (including phenoxy) is 1. The summed E-state index contributed by atoms with van der Waals surface area (Å²) in [5, 5.41) is 9.67. The molecule has 0 heterocycles. The molecule has 0 unspecified atom stereocenters. The molecule has 0 saturated heterocycles. The SMILES string of the molecule is Cc1ccc(OCCC(=O)N(C)CC(C)(C)O)cc1C. The third-order valence-corrected chi connectivity index (χ3v) is 3.11. The topological polar surface area (TPSA) is 49.8 Å². The number of rotatable bonds is 6. The highest BCUT2D eigenvalue weighted by Crippen LogP contribution is 2.16. The Morgan fingerprint density at radius 1 is 1.30 bits per heavy atom. The van der Waals surface area contributed by atoms with E-state index in [-0.39, 0.29) is 5.91 Å². The van der Waals surface area contributed by atoms with Crippen molar-refractivity contribution >= 4 is 5.91 Å². The minimum absolute atomic E-state index is 0.0315. The highest BCUT2D eigenvalue weighted by Gasteiger charge is 2.19. The number of aliphatic hydroxyl groups is 1. The second kappa shape index (κ2) is 6.75. The van der Waals surface area contributed by atoms with Crippen LogP contribution in [0.2, 0.25) is 0 Å². The maximum Gasteiger partial charge on any atom is 0.225 e. The molecule has 0 bridgehead atoms. The minimum Gasteiger partial charge on any atom is -0.493 e. The van der Waals surface area contributed by atoms with Crippen molar-refractivity contribution in [3.8, 4) is 5.75 Å². The Morgan fingerprint density at radius 2 is 1.95 bits per heavy atom. The zero-order valence-electron chi connectivity index (χ0n) is 13.1. The molecule has 0 aliphatic carbocycles. The van der Waals surface area contributed by atoms with Gasteiger partial charge in [-0.15, -0.1) is 0 Å². The van der Waals surface area contributed by atoms with Gasteiger partial charge in [-0.1, -0.05) is 6.07 Å². The quantitative estimate of drug-likeness (QED) is 0.869. The van der Waals surface area contributed by atoms with Crippen LogP contribution < -0.4 is 4.74 Å². The lowest BCUT2D eigenvalue weighted by molar-refractivity contribution is -0.133. The Balaban J connectivity index is 2.40. The van der Waals surface area contributed by atoms with Gasteiger partial charge in [0.25, 0.3) is 0 Å². The molecule has 0 aromatic heterocycles. The van der Waals surface area contributed by atoms with Crippen LogP contribution in [0.15, 0.2) is 18.2 Å². The molecule has 0 aliphatic heterocycles. The average Bonchev–Trinajstić information content (AvgIpc) is 2.31. The fourth-order valence-corrected chi connectivity index (χ4v) is 1.92. The van der Waals surface area contributed by atoms with Crippen molar-refractivity contribution in [2.24, 2.45) is 0 Å². The smallest absolute Gasteiger partial charge is 0.225 e. The first-order valence-corrected chi connectivity index (χ1v) is 6.85. The third kappa shape index (κ3) is 5.61. The first kappa shape index (κ1) is 16.5. The van der Waals surface area contributed by atoms with Crippen LogP contribution in [0, 0.1) is 13.8 Å². The summed E-state index contributed by atoms with van der Waals surface area (Å²) in [6.45, 7) is 8.11. The van der Waals surface area contributed by atoms with Crippen LogP contribution in [-0.4, -0.2) is 41.7 Å². The zero-order valence-corrected chi connectivity index (χ0v) is 13.1. The number of nitrogens with zero attached hydrogens (tertiary/aromatic N) is 1. The van der Waals surface area contributed by atoms with Crippen LogP contribution in [0.5, 0.6) is 5.75 Å². The minimum atomic E-state index is -0.876. The van der Waals surface area contributed by atoms with Gasteiger partial charge in [-0.2, -0.15) is 0 Å². The highest BCUT2D eigenvalue weighted by molar-refractivity contribution is 5.76. The molecule has 0 fully saturated rings. The van der Waals surface area contributed by atoms with Crippen molar-refractivity contribution in [1.82, 2.24) is 4.90 Å². The summed E-state index contributed by atoms with van der Waals surface area (Å²) >= 11 is 0. The summed E-state index contributed by atoms with van der Waals surface area (Å²) in [5.74, 6) is 0.752. The lowest BCUT2D eigenvalue weighted by Crippen LogP contribution is -2.40. The van der Waals surface area contributed by atoms with Gasteiger partial charge in [-0.25, -0.2) is 0 Å². The van der Waals surface area contributed by atoms with E-state index in [0.717, 1.165) is 5.75 Å². The monoisotopic (exact) mass is 279 g/mol. The molecule has 0 saturated carbocycles. The van der Waals surface area contributed by atoms with Gasteiger partial charge in [0.15, 0.2) is 0 Å². The number of likely N-dealkylation sites (N-methyl/N-ethyl adjacent to an activating group) is 1. The van der Waals surface area contributed by atoms with E-state index in [1.165, 1.54) is 16.0 Å².